The Morgan fingerprint density at radius 3 is 2.11 bits per heavy atom. The number of ether oxygens (including phenoxy) is 8. The molecule has 11 nitrogen and oxygen atoms in total. The lowest BCUT2D eigenvalue weighted by Crippen LogP contribution is -2.54. The number of hydrogen-bond donors (Lipinski definition) is 1. The summed E-state index contributed by atoms with van der Waals surface area (Å²) >= 11 is 0. The monoisotopic (exact) mass is 518 g/mol. The highest BCUT2D eigenvalue weighted by molar-refractivity contribution is 5.80. The molecule has 0 saturated heterocycles. The van der Waals surface area contributed by atoms with Crippen molar-refractivity contribution in [1.82, 2.24) is 0 Å². The van der Waals surface area contributed by atoms with Crippen molar-refractivity contribution in [2.45, 2.75) is 32.0 Å². The number of aliphatic hydroxyl groups is 1. The summed E-state index contributed by atoms with van der Waals surface area (Å²) in [6.07, 6.45) is -0.626. The maximum absolute atomic E-state index is 13.5. The molecule has 0 spiro atoms. The van der Waals surface area contributed by atoms with Gasteiger partial charge in [0, 0.05) is 17.5 Å². The highest BCUT2D eigenvalue weighted by Crippen LogP contribution is 2.54. The van der Waals surface area contributed by atoms with Crippen LogP contribution in [0.5, 0.6) is 34.5 Å². The second-order valence-corrected chi connectivity index (χ2v) is 8.34. The molecule has 0 aliphatic carbocycles. The van der Waals surface area contributed by atoms with Crippen LogP contribution in [0.1, 0.15) is 37.3 Å². The van der Waals surface area contributed by atoms with Crippen LogP contribution in [-0.4, -0.2) is 64.2 Å². The molecule has 2 aromatic carbocycles. The Morgan fingerprint density at radius 2 is 1.54 bits per heavy atom. The third-order valence-electron chi connectivity index (χ3n) is 6.24. The van der Waals surface area contributed by atoms with E-state index in [0.717, 1.165) is 0 Å². The van der Waals surface area contributed by atoms with Gasteiger partial charge < -0.3 is 43.0 Å². The molecule has 0 saturated carbocycles. The Kier molecular flexibility index (Phi) is 7.53. The number of benzene rings is 2. The number of carbonyl (C=O) groups is 2. The zero-order chi connectivity index (χ0) is 26.7. The smallest absolute Gasteiger partial charge is 0.316 e. The van der Waals surface area contributed by atoms with Crippen LogP contribution in [-0.2, 0) is 19.1 Å². The van der Waals surface area contributed by atoms with Gasteiger partial charge in [0.2, 0.25) is 18.3 Å². The van der Waals surface area contributed by atoms with E-state index in [-0.39, 0.29) is 25.8 Å². The van der Waals surface area contributed by atoms with E-state index < -0.39 is 36.0 Å². The van der Waals surface area contributed by atoms with Gasteiger partial charge in [-0.3, -0.25) is 9.59 Å². The molecule has 200 valence electrons. The molecular weight excluding hydrogens is 488 g/mol. The molecule has 2 aliphatic rings. The molecule has 0 bridgehead atoms. The Hall–Kier alpha value is -3.86. The third kappa shape index (κ3) is 4.78. The maximum Gasteiger partial charge on any atom is 0.316 e. The predicted octanol–water partition coefficient (Wildman–Crippen LogP) is 2.79. The first-order chi connectivity index (χ1) is 17.8. The number of methoxy groups -OCH3 is 3. The van der Waals surface area contributed by atoms with E-state index in [0.29, 0.717) is 39.9 Å². The van der Waals surface area contributed by atoms with Crippen LogP contribution in [0.3, 0.4) is 0 Å². The number of hydrogen-bond acceptors (Lipinski definition) is 11. The summed E-state index contributed by atoms with van der Waals surface area (Å²) in [6.45, 7) is 3.42. The normalized spacial score (nSPS) is 21.4. The summed E-state index contributed by atoms with van der Waals surface area (Å²) in [4.78, 5) is 26.0. The number of carbonyl (C=O) groups excluding carboxylic acids is 2. The minimum absolute atomic E-state index is 0.00146. The first-order valence-corrected chi connectivity index (χ1v) is 11.8. The third-order valence-corrected chi connectivity index (χ3v) is 6.24. The summed E-state index contributed by atoms with van der Waals surface area (Å²) < 4.78 is 44.0. The molecule has 0 fully saturated rings. The standard InChI is InChI=1S/C26H30O11/c1-6-33-21(27)12-26(29)23(25(28)34-7-2)22(14-8-19(30-3)24(32-5)20(9-14)31-4)15-10-17-18(36-13-35-17)11-16(15)37-26/h8-11,22-23,29H,6-7,12-13H2,1-5H3/t22-,23-,26+/m1/s1. The predicted molar refractivity (Wildman–Crippen MR) is 127 cm³/mol. The van der Waals surface area contributed by atoms with E-state index in [2.05, 4.69) is 0 Å². The molecule has 3 atom stereocenters. The lowest BCUT2D eigenvalue weighted by Gasteiger charge is -2.43. The Bertz CT molecular complexity index is 1150. The van der Waals surface area contributed by atoms with Crippen LogP contribution in [0.25, 0.3) is 0 Å². The fourth-order valence-electron chi connectivity index (χ4n) is 4.73. The Balaban J connectivity index is 1.98. The molecule has 2 aromatic rings. The van der Waals surface area contributed by atoms with Gasteiger partial charge >= 0.3 is 11.9 Å². The van der Waals surface area contributed by atoms with Crippen molar-refractivity contribution in [3.63, 3.8) is 0 Å². The first kappa shape index (κ1) is 26.2. The van der Waals surface area contributed by atoms with Gasteiger partial charge in [-0.05, 0) is 37.6 Å². The first-order valence-electron chi connectivity index (χ1n) is 11.8. The van der Waals surface area contributed by atoms with Crippen LogP contribution < -0.4 is 28.4 Å². The summed E-state index contributed by atoms with van der Waals surface area (Å²) in [6, 6.07) is 6.58. The minimum Gasteiger partial charge on any atom is -0.493 e. The van der Waals surface area contributed by atoms with Crippen molar-refractivity contribution in [3.05, 3.63) is 35.4 Å². The summed E-state index contributed by atoms with van der Waals surface area (Å²) in [7, 11) is 4.41. The fraction of sp³-hybridized carbons (Fsp3) is 0.462. The lowest BCUT2D eigenvalue weighted by molar-refractivity contribution is -0.214. The number of fused-ring (bicyclic) bond motifs is 2. The number of esters is 2. The molecule has 2 heterocycles. The van der Waals surface area contributed by atoms with Gasteiger partial charge in [0.25, 0.3) is 0 Å². The van der Waals surface area contributed by atoms with Gasteiger partial charge in [-0.2, -0.15) is 0 Å². The van der Waals surface area contributed by atoms with Gasteiger partial charge in [-0.1, -0.05) is 0 Å². The van der Waals surface area contributed by atoms with Crippen molar-refractivity contribution in [2.75, 3.05) is 41.3 Å². The van der Waals surface area contributed by atoms with Crippen LogP contribution in [0, 0.1) is 5.92 Å². The largest absolute Gasteiger partial charge is 0.493 e. The van der Waals surface area contributed by atoms with Crippen molar-refractivity contribution in [1.29, 1.82) is 0 Å². The van der Waals surface area contributed by atoms with Gasteiger partial charge in [0.1, 0.15) is 18.1 Å². The molecular formula is C26H30O11. The quantitative estimate of drug-likeness (QED) is 0.492. The molecule has 0 amide bonds. The van der Waals surface area contributed by atoms with E-state index in [1.54, 1.807) is 38.1 Å². The van der Waals surface area contributed by atoms with Gasteiger partial charge in [-0.15, -0.1) is 0 Å². The molecule has 1 N–H and O–H groups in total. The van der Waals surface area contributed by atoms with E-state index in [9.17, 15) is 14.7 Å². The zero-order valence-corrected chi connectivity index (χ0v) is 21.3. The second kappa shape index (κ2) is 10.6. The Labute approximate surface area is 214 Å². The SMILES string of the molecule is CCOC(=O)C[C@]1(O)Oc2cc3c(cc2[C@@H](c2cc(OC)c(OC)c(OC)c2)[C@@H]1C(=O)OCC)OCO3. The van der Waals surface area contributed by atoms with Crippen molar-refractivity contribution >= 4 is 11.9 Å². The van der Waals surface area contributed by atoms with E-state index >= 15 is 0 Å². The van der Waals surface area contributed by atoms with Gasteiger partial charge in [0.05, 0.1) is 34.5 Å². The molecule has 0 aromatic heterocycles. The molecule has 4 rings (SSSR count). The van der Waals surface area contributed by atoms with Crippen LogP contribution in [0.2, 0.25) is 0 Å². The van der Waals surface area contributed by atoms with E-state index in [1.165, 1.54) is 21.3 Å². The van der Waals surface area contributed by atoms with Gasteiger partial charge in [0.15, 0.2) is 23.0 Å². The molecule has 2 aliphatic heterocycles. The Morgan fingerprint density at radius 1 is 0.919 bits per heavy atom. The van der Waals surface area contributed by atoms with Crippen LogP contribution in [0.4, 0.5) is 0 Å². The molecule has 11 heteroatoms. The van der Waals surface area contributed by atoms with E-state index in [1.807, 2.05) is 0 Å². The highest BCUT2D eigenvalue weighted by Gasteiger charge is 2.56. The molecule has 37 heavy (non-hydrogen) atoms. The average Bonchev–Trinajstić information content (AvgIpc) is 3.33. The summed E-state index contributed by atoms with van der Waals surface area (Å²) in [5, 5.41) is 11.8. The number of rotatable bonds is 9. The highest BCUT2D eigenvalue weighted by atomic mass is 16.7. The average molecular weight is 519 g/mol. The minimum atomic E-state index is -2.32. The summed E-state index contributed by atoms with van der Waals surface area (Å²) in [5.41, 5.74) is 1.02. The molecule has 0 radical (unpaired) electrons. The van der Waals surface area contributed by atoms with E-state index in [4.69, 9.17) is 37.9 Å². The molecule has 0 unspecified atom stereocenters. The second-order valence-electron chi connectivity index (χ2n) is 8.34. The van der Waals surface area contributed by atoms with Crippen LogP contribution in [0.15, 0.2) is 24.3 Å². The topological polar surface area (TPSA) is 128 Å². The van der Waals surface area contributed by atoms with Gasteiger partial charge in [-0.25, -0.2) is 0 Å². The van der Waals surface area contributed by atoms with Crippen molar-refractivity contribution < 1.29 is 52.6 Å². The fourth-order valence-corrected chi connectivity index (χ4v) is 4.73. The zero-order valence-electron chi connectivity index (χ0n) is 21.3. The lowest BCUT2D eigenvalue weighted by atomic mass is 9.73. The maximum atomic E-state index is 13.5. The van der Waals surface area contributed by atoms with Crippen LogP contribution >= 0.6 is 0 Å². The summed E-state index contributed by atoms with van der Waals surface area (Å²) in [5.74, 6) is -4.03. The van der Waals surface area contributed by atoms with Crippen molar-refractivity contribution in [2.24, 2.45) is 5.92 Å². The van der Waals surface area contributed by atoms with Crippen molar-refractivity contribution in [3.8, 4) is 34.5 Å².